The third kappa shape index (κ3) is 4.18. The maximum absolute atomic E-state index is 11.1. The van der Waals surface area contributed by atoms with E-state index in [-0.39, 0.29) is 12.5 Å². The molecule has 0 aliphatic heterocycles. The summed E-state index contributed by atoms with van der Waals surface area (Å²) in [7, 11) is 1.67. The summed E-state index contributed by atoms with van der Waals surface area (Å²) < 4.78 is 0. The molecule has 0 unspecified atom stereocenters. The van der Waals surface area contributed by atoms with E-state index >= 15 is 0 Å². The number of aliphatic hydroxyl groups excluding tert-OH is 1. The molecule has 1 fully saturated rings. The van der Waals surface area contributed by atoms with E-state index < -0.39 is 0 Å². The molecule has 88 valence electrons. The molecule has 1 aliphatic rings. The Hall–Kier alpha value is -0.610. The topological polar surface area (TPSA) is 52.6 Å². The third-order valence-corrected chi connectivity index (χ3v) is 3.10. The molecular formula is C11H22N2O2. The second kappa shape index (κ2) is 6.80. The summed E-state index contributed by atoms with van der Waals surface area (Å²) >= 11 is 0. The number of carbonyl (C=O) groups is 1. The number of hydrogen-bond donors (Lipinski definition) is 2. The number of rotatable bonds is 7. The Labute approximate surface area is 91.6 Å². The summed E-state index contributed by atoms with van der Waals surface area (Å²) in [5.41, 5.74) is 0. The normalized spacial score (nSPS) is 16.5. The van der Waals surface area contributed by atoms with Gasteiger partial charge in [0.15, 0.2) is 0 Å². The minimum absolute atomic E-state index is 0.100. The molecule has 1 saturated carbocycles. The molecule has 4 nitrogen and oxygen atoms in total. The van der Waals surface area contributed by atoms with E-state index in [1.165, 1.54) is 19.3 Å². The highest BCUT2D eigenvalue weighted by Crippen LogP contribution is 2.24. The minimum atomic E-state index is 0.100. The molecule has 1 aliphatic carbocycles. The van der Waals surface area contributed by atoms with Gasteiger partial charge in [0.05, 0.1) is 0 Å². The summed E-state index contributed by atoms with van der Waals surface area (Å²) in [4.78, 5) is 13.5. The quantitative estimate of drug-likeness (QED) is 0.643. The van der Waals surface area contributed by atoms with Crippen LogP contribution in [0.3, 0.4) is 0 Å². The van der Waals surface area contributed by atoms with Crippen LogP contribution in [0, 0.1) is 0 Å². The lowest BCUT2D eigenvalue weighted by molar-refractivity contribution is -0.121. The van der Waals surface area contributed by atoms with E-state index in [1.807, 2.05) is 0 Å². The Balaban J connectivity index is 2.24. The highest BCUT2D eigenvalue weighted by atomic mass is 16.3. The zero-order chi connectivity index (χ0) is 11.1. The average molecular weight is 214 g/mol. The lowest BCUT2D eigenvalue weighted by Gasteiger charge is -2.37. The molecule has 4 heteroatoms. The van der Waals surface area contributed by atoms with Gasteiger partial charge in [-0.1, -0.05) is 6.42 Å². The largest absolute Gasteiger partial charge is 0.396 e. The van der Waals surface area contributed by atoms with E-state index in [0.717, 1.165) is 19.5 Å². The Kier molecular flexibility index (Phi) is 5.65. The number of carbonyl (C=O) groups excluding carboxylic acids is 1. The first kappa shape index (κ1) is 12.5. The first-order valence-corrected chi connectivity index (χ1v) is 5.83. The number of nitrogens with zero attached hydrogens (tertiary/aromatic N) is 1. The van der Waals surface area contributed by atoms with Crippen molar-refractivity contribution in [1.29, 1.82) is 0 Å². The smallest absolute Gasteiger partial charge is 0.221 e. The van der Waals surface area contributed by atoms with Gasteiger partial charge in [-0.2, -0.15) is 0 Å². The van der Waals surface area contributed by atoms with Gasteiger partial charge in [-0.25, -0.2) is 0 Å². The summed E-state index contributed by atoms with van der Waals surface area (Å²) in [6, 6.07) is 0.654. The molecular weight excluding hydrogens is 192 g/mol. The molecule has 1 rings (SSSR count). The first-order chi connectivity index (χ1) is 7.27. The lowest BCUT2D eigenvalue weighted by Crippen LogP contribution is -2.42. The second-order valence-corrected chi connectivity index (χ2v) is 4.12. The fourth-order valence-corrected chi connectivity index (χ4v) is 1.87. The van der Waals surface area contributed by atoms with E-state index in [2.05, 4.69) is 10.2 Å². The predicted octanol–water partition coefficient (Wildman–Crippen LogP) is 0.359. The van der Waals surface area contributed by atoms with Crippen LogP contribution < -0.4 is 5.32 Å². The monoisotopic (exact) mass is 214 g/mol. The Morgan fingerprint density at radius 3 is 2.67 bits per heavy atom. The number of hydrogen-bond acceptors (Lipinski definition) is 3. The van der Waals surface area contributed by atoms with Crippen LogP contribution in [0.4, 0.5) is 0 Å². The van der Waals surface area contributed by atoms with Gasteiger partial charge < -0.3 is 10.4 Å². The van der Waals surface area contributed by atoms with Crippen LogP contribution in [-0.4, -0.2) is 48.7 Å². The minimum Gasteiger partial charge on any atom is -0.396 e. The van der Waals surface area contributed by atoms with Gasteiger partial charge >= 0.3 is 0 Å². The lowest BCUT2D eigenvalue weighted by atomic mass is 9.91. The summed E-state index contributed by atoms with van der Waals surface area (Å²) in [6.45, 7) is 1.98. The van der Waals surface area contributed by atoms with E-state index in [1.54, 1.807) is 7.05 Å². The highest BCUT2D eigenvalue weighted by molar-refractivity contribution is 5.75. The van der Waals surface area contributed by atoms with Crippen molar-refractivity contribution in [2.45, 2.75) is 38.1 Å². The average Bonchev–Trinajstić information content (AvgIpc) is 2.18. The fraction of sp³-hybridized carbons (Fsp3) is 0.909. The van der Waals surface area contributed by atoms with Gasteiger partial charge in [0.25, 0.3) is 0 Å². The SMILES string of the molecule is CNC(=O)CCN(CCCO)C1CCC1. The second-order valence-electron chi connectivity index (χ2n) is 4.12. The van der Waals surface area contributed by atoms with Crippen LogP contribution in [0.25, 0.3) is 0 Å². The first-order valence-electron chi connectivity index (χ1n) is 5.83. The van der Waals surface area contributed by atoms with Gasteiger partial charge in [0.1, 0.15) is 0 Å². The standard InChI is InChI=1S/C11H22N2O2/c1-12-11(15)6-8-13(7-3-9-14)10-4-2-5-10/h10,14H,2-9H2,1H3,(H,12,15). The Morgan fingerprint density at radius 1 is 1.47 bits per heavy atom. The van der Waals surface area contributed by atoms with Crippen LogP contribution in [0.15, 0.2) is 0 Å². The molecule has 0 atom stereocenters. The number of amides is 1. The molecule has 0 bridgehead atoms. The molecule has 0 spiro atoms. The van der Waals surface area contributed by atoms with E-state index in [4.69, 9.17) is 5.11 Å². The summed E-state index contributed by atoms with van der Waals surface area (Å²) in [5.74, 6) is 0.100. The number of aliphatic hydroxyl groups is 1. The molecule has 0 aromatic carbocycles. The Bertz CT molecular complexity index is 193. The van der Waals surface area contributed by atoms with Crippen molar-refractivity contribution < 1.29 is 9.90 Å². The maximum atomic E-state index is 11.1. The molecule has 0 radical (unpaired) electrons. The molecule has 0 aromatic rings. The van der Waals surface area contributed by atoms with Gasteiger partial charge in [0, 0.05) is 39.2 Å². The van der Waals surface area contributed by atoms with Crippen molar-refractivity contribution in [3.05, 3.63) is 0 Å². The van der Waals surface area contributed by atoms with Crippen LogP contribution >= 0.6 is 0 Å². The van der Waals surface area contributed by atoms with Crippen LogP contribution in [0.1, 0.15) is 32.1 Å². The van der Waals surface area contributed by atoms with Crippen LogP contribution in [0.2, 0.25) is 0 Å². The summed E-state index contributed by atoms with van der Waals surface area (Å²) in [5, 5.41) is 11.4. The van der Waals surface area contributed by atoms with Gasteiger partial charge in [-0.3, -0.25) is 9.69 Å². The molecule has 0 aromatic heterocycles. The van der Waals surface area contributed by atoms with Crippen molar-refractivity contribution in [2.24, 2.45) is 0 Å². The van der Waals surface area contributed by atoms with Crippen molar-refractivity contribution >= 4 is 5.91 Å². The van der Waals surface area contributed by atoms with Crippen LogP contribution in [0.5, 0.6) is 0 Å². The van der Waals surface area contributed by atoms with Gasteiger partial charge in [-0.05, 0) is 19.3 Å². The zero-order valence-electron chi connectivity index (χ0n) is 9.54. The van der Waals surface area contributed by atoms with Gasteiger partial charge in [-0.15, -0.1) is 0 Å². The van der Waals surface area contributed by atoms with Gasteiger partial charge in [0.2, 0.25) is 5.91 Å². The number of nitrogens with one attached hydrogen (secondary N) is 1. The fourth-order valence-electron chi connectivity index (χ4n) is 1.87. The zero-order valence-corrected chi connectivity index (χ0v) is 9.54. The molecule has 0 heterocycles. The van der Waals surface area contributed by atoms with Crippen LogP contribution in [-0.2, 0) is 4.79 Å². The van der Waals surface area contributed by atoms with E-state index in [9.17, 15) is 4.79 Å². The molecule has 1 amide bonds. The predicted molar refractivity (Wildman–Crippen MR) is 59.6 cm³/mol. The van der Waals surface area contributed by atoms with Crippen molar-refractivity contribution in [3.63, 3.8) is 0 Å². The van der Waals surface area contributed by atoms with Crippen molar-refractivity contribution in [2.75, 3.05) is 26.7 Å². The highest BCUT2D eigenvalue weighted by Gasteiger charge is 2.24. The third-order valence-electron chi connectivity index (χ3n) is 3.10. The van der Waals surface area contributed by atoms with Crippen molar-refractivity contribution in [3.8, 4) is 0 Å². The molecule has 0 saturated heterocycles. The molecule has 15 heavy (non-hydrogen) atoms. The van der Waals surface area contributed by atoms with Crippen molar-refractivity contribution in [1.82, 2.24) is 10.2 Å². The Morgan fingerprint density at radius 2 is 2.20 bits per heavy atom. The molecule has 2 N–H and O–H groups in total. The maximum Gasteiger partial charge on any atom is 0.221 e. The van der Waals surface area contributed by atoms with E-state index in [0.29, 0.717) is 12.5 Å². The summed E-state index contributed by atoms with van der Waals surface area (Å²) in [6.07, 6.45) is 5.18.